The zero-order valence-corrected chi connectivity index (χ0v) is 19.9. The van der Waals surface area contributed by atoms with Crippen LogP contribution in [0.2, 0.25) is 0 Å². The number of ketones is 1. The maximum Gasteiger partial charge on any atom is 0.433 e. The number of piperazine rings is 1. The molecule has 1 N–H and O–H groups in total. The number of hydrogen-bond donors (Lipinski definition) is 1. The summed E-state index contributed by atoms with van der Waals surface area (Å²) in [4.78, 5) is 44.5. The van der Waals surface area contributed by atoms with Crippen LogP contribution in [-0.2, 0) is 22.3 Å². The van der Waals surface area contributed by atoms with Crippen LogP contribution in [0.15, 0.2) is 42.6 Å². The zero-order valence-electron chi connectivity index (χ0n) is 19.9. The van der Waals surface area contributed by atoms with Gasteiger partial charge in [0.1, 0.15) is 23.7 Å². The highest BCUT2D eigenvalue weighted by molar-refractivity contribution is 6.03. The van der Waals surface area contributed by atoms with Crippen molar-refractivity contribution in [2.24, 2.45) is 5.92 Å². The third-order valence-electron chi connectivity index (χ3n) is 6.52. The molecule has 0 spiro atoms. The lowest BCUT2D eigenvalue weighted by Gasteiger charge is -2.34. The molecule has 1 saturated heterocycles. The van der Waals surface area contributed by atoms with Crippen LogP contribution >= 0.6 is 0 Å². The van der Waals surface area contributed by atoms with Gasteiger partial charge < -0.3 is 10.2 Å². The third-order valence-corrected chi connectivity index (χ3v) is 6.52. The number of fused-ring (bicyclic) bond motifs is 1. The van der Waals surface area contributed by atoms with Gasteiger partial charge in [0, 0.05) is 49.4 Å². The molecule has 2 amide bonds. The summed E-state index contributed by atoms with van der Waals surface area (Å²) >= 11 is 0. The van der Waals surface area contributed by atoms with E-state index in [9.17, 15) is 27.6 Å². The fourth-order valence-corrected chi connectivity index (χ4v) is 4.30. The number of anilines is 1. The monoisotopic (exact) mass is 514 g/mol. The highest BCUT2D eigenvalue weighted by Gasteiger charge is 2.33. The molecule has 5 rings (SSSR count). The van der Waals surface area contributed by atoms with Gasteiger partial charge in [0.2, 0.25) is 5.91 Å². The molecule has 1 saturated carbocycles. The molecule has 0 unspecified atom stereocenters. The summed E-state index contributed by atoms with van der Waals surface area (Å²) in [7, 11) is 0. The lowest BCUT2D eigenvalue weighted by molar-refractivity contribution is -0.141. The van der Waals surface area contributed by atoms with Crippen LogP contribution in [-0.4, -0.2) is 74.9 Å². The van der Waals surface area contributed by atoms with Gasteiger partial charge in [-0.05, 0) is 43.2 Å². The van der Waals surface area contributed by atoms with Crippen molar-refractivity contribution in [2.45, 2.75) is 25.6 Å². The molecule has 3 heterocycles. The molecule has 2 aliphatic rings. The van der Waals surface area contributed by atoms with Crippen molar-refractivity contribution < 1.29 is 27.6 Å². The van der Waals surface area contributed by atoms with E-state index >= 15 is 0 Å². The van der Waals surface area contributed by atoms with Crippen molar-refractivity contribution in [2.75, 3.05) is 38.0 Å². The number of nitrogens with one attached hydrogen (secondary N) is 1. The number of pyridine rings is 1. The van der Waals surface area contributed by atoms with E-state index in [2.05, 4.69) is 20.3 Å². The number of hydrogen-bond acceptors (Lipinski definition) is 6. The topological polar surface area (TPSA) is 100 Å². The first kappa shape index (κ1) is 24.9. The van der Waals surface area contributed by atoms with Gasteiger partial charge in [-0.15, -0.1) is 0 Å². The molecule has 1 aliphatic carbocycles. The van der Waals surface area contributed by atoms with Gasteiger partial charge in [0.15, 0.2) is 0 Å². The van der Waals surface area contributed by atoms with Gasteiger partial charge in [-0.3, -0.25) is 24.0 Å². The maximum absolute atomic E-state index is 12.9. The highest BCUT2D eigenvalue weighted by Crippen LogP contribution is 2.30. The second-order valence-corrected chi connectivity index (χ2v) is 9.36. The largest absolute Gasteiger partial charge is 0.433 e. The second kappa shape index (κ2) is 9.92. The summed E-state index contributed by atoms with van der Waals surface area (Å²) in [6.45, 7) is 2.93. The van der Waals surface area contributed by atoms with Gasteiger partial charge in [-0.25, -0.2) is 4.98 Å². The number of amides is 2. The summed E-state index contributed by atoms with van der Waals surface area (Å²) in [5.74, 6) is -0.319. The highest BCUT2D eigenvalue weighted by atomic mass is 19.4. The molecular weight excluding hydrogens is 489 g/mol. The number of nitrogens with zero attached hydrogens (tertiary/aromatic N) is 5. The third kappa shape index (κ3) is 5.96. The van der Waals surface area contributed by atoms with Crippen molar-refractivity contribution in [1.29, 1.82) is 0 Å². The van der Waals surface area contributed by atoms with Crippen LogP contribution in [0.4, 0.5) is 18.9 Å². The Balaban J connectivity index is 1.18. The maximum atomic E-state index is 12.9. The van der Waals surface area contributed by atoms with Crippen LogP contribution in [0.1, 0.15) is 29.0 Å². The van der Waals surface area contributed by atoms with E-state index in [1.807, 2.05) is 0 Å². The van der Waals surface area contributed by atoms with Crippen molar-refractivity contribution in [3.63, 3.8) is 0 Å². The lowest BCUT2D eigenvalue weighted by atomic mass is 10.2. The predicted octanol–water partition coefficient (Wildman–Crippen LogP) is 2.83. The number of halogens is 3. The number of alkyl halides is 3. The number of carbonyl (C=O) groups is 3. The Labute approximate surface area is 210 Å². The van der Waals surface area contributed by atoms with Gasteiger partial charge >= 0.3 is 6.18 Å². The molecule has 37 heavy (non-hydrogen) atoms. The lowest BCUT2D eigenvalue weighted by Crippen LogP contribution is -2.50. The molecule has 9 nitrogen and oxygen atoms in total. The quantitative estimate of drug-likeness (QED) is 0.521. The minimum atomic E-state index is -4.65. The number of carbonyl (C=O) groups excluding carboxylic acids is 3. The van der Waals surface area contributed by atoms with E-state index in [4.69, 9.17) is 0 Å². The van der Waals surface area contributed by atoms with Crippen molar-refractivity contribution in [3.8, 4) is 0 Å². The van der Waals surface area contributed by atoms with Gasteiger partial charge in [-0.1, -0.05) is 6.07 Å². The van der Waals surface area contributed by atoms with E-state index in [0.29, 0.717) is 55.1 Å². The first-order chi connectivity index (χ1) is 17.7. The normalized spacial score (nSPS) is 16.7. The summed E-state index contributed by atoms with van der Waals surface area (Å²) in [6, 6.07) is 8.00. The Morgan fingerprint density at radius 3 is 2.46 bits per heavy atom. The van der Waals surface area contributed by atoms with Crippen LogP contribution in [0.3, 0.4) is 0 Å². The van der Waals surface area contributed by atoms with E-state index in [1.165, 1.54) is 10.7 Å². The SMILES string of the molecule is O=C(Nc1ccc2nn(CC(=O)N3CCN(CC(=O)C4CC4)CC3)cc2c1)c1cccc(C(F)(F)F)n1. The van der Waals surface area contributed by atoms with Crippen LogP contribution in [0, 0.1) is 5.92 Å². The molecule has 0 bridgehead atoms. The van der Waals surface area contributed by atoms with Crippen LogP contribution in [0.5, 0.6) is 0 Å². The average molecular weight is 515 g/mol. The van der Waals surface area contributed by atoms with Crippen molar-refractivity contribution >= 4 is 34.2 Å². The molecule has 0 atom stereocenters. The Morgan fingerprint density at radius 1 is 1.00 bits per heavy atom. The first-order valence-corrected chi connectivity index (χ1v) is 12.0. The predicted molar refractivity (Wildman–Crippen MR) is 128 cm³/mol. The van der Waals surface area contributed by atoms with Gasteiger partial charge in [-0.2, -0.15) is 18.3 Å². The summed E-state index contributed by atoms with van der Waals surface area (Å²) in [5.41, 5.74) is -0.534. The smallest absolute Gasteiger partial charge is 0.339 e. The van der Waals surface area contributed by atoms with Crippen molar-refractivity contribution in [1.82, 2.24) is 24.6 Å². The number of aromatic nitrogens is 3. The fraction of sp³-hybridized carbons (Fsp3) is 0.400. The second-order valence-electron chi connectivity index (χ2n) is 9.36. The molecule has 2 fully saturated rings. The average Bonchev–Trinajstić information content (AvgIpc) is 3.65. The Bertz CT molecular complexity index is 1340. The fourth-order valence-electron chi connectivity index (χ4n) is 4.30. The molecule has 0 radical (unpaired) electrons. The minimum absolute atomic E-state index is 0.0472. The molecule has 1 aliphatic heterocycles. The van der Waals surface area contributed by atoms with E-state index < -0.39 is 17.8 Å². The van der Waals surface area contributed by atoms with Gasteiger partial charge in [0.05, 0.1) is 12.1 Å². The van der Waals surface area contributed by atoms with Crippen LogP contribution in [0.25, 0.3) is 10.9 Å². The number of rotatable bonds is 7. The molecule has 194 valence electrons. The molecule has 3 aromatic rings. The van der Waals surface area contributed by atoms with Crippen molar-refractivity contribution in [3.05, 3.63) is 54.0 Å². The number of Topliss-reactive ketones (excluding diaryl/α,β-unsaturated/α-hetero) is 1. The molecule has 12 heteroatoms. The number of benzene rings is 1. The molecule has 2 aromatic heterocycles. The van der Waals surface area contributed by atoms with E-state index in [0.717, 1.165) is 25.0 Å². The Kier molecular flexibility index (Phi) is 6.67. The molecule has 1 aromatic carbocycles. The first-order valence-electron chi connectivity index (χ1n) is 12.0. The van der Waals surface area contributed by atoms with E-state index in [1.54, 1.807) is 29.3 Å². The standard InChI is InChI=1S/C25H25F3N6O3/c26-25(27,28)22-3-1-2-20(30-22)24(37)29-18-6-7-19-17(12-18)13-34(31-19)15-23(36)33-10-8-32(9-11-33)14-21(35)16-4-5-16/h1-3,6-7,12-13,16H,4-5,8-11,14-15H2,(H,29,37). The van der Waals surface area contributed by atoms with E-state index in [-0.39, 0.29) is 24.1 Å². The zero-order chi connectivity index (χ0) is 26.2. The summed E-state index contributed by atoms with van der Waals surface area (Å²) < 4.78 is 40.2. The Morgan fingerprint density at radius 2 is 1.76 bits per heavy atom. The van der Waals surface area contributed by atoms with Gasteiger partial charge in [0.25, 0.3) is 5.91 Å². The minimum Gasteiger partial charge on any atom is -0.339 e. The van der Waals surface area contributed by atoms with Crippen LogP contribution < -0.4 is 5.32 Å². The summed E-state index contributed by atoms with van der Waals surface area (Å²) in [5, 5.41) is 7.62. The summed E-state index contributed by atoms with van der Waals surface area (Å²) in [6.07, 6.45) is -0.979. The Hall–Kier alpha value is -3.80. The molecular formula is C25H25F3N6O3.